The van der Waals surface area contributed by atoms with Crippen LogP contribution in [0.25, 0.3) is 0 Å². The largest absolute Gasteiger partial charge is 0.312 e. The summed E-state index contributed by atoms with van der Waals surface area (Å²) in [6, 6.07) is 6.58. The summed E-state index contributed by atoms with van der Waals surface area (Å²) < 4.78 is 1.46. The van der Waals surface area contributed by atoms with E-state index in [2.05, 4.69) is 5.10 Å². The molecule has 3 rings (SSSR count). The van der Waals surface area contributed by atoms with E-state index in [1.54, 1.807) is 36.9 Å². The number of rotatable bonds is 3. The van der Waals surface area contributed by atoms with Crippen LogP contribution in [0.1, 0.15) is 23.9 Å². The maximum Gasteiger partial charge on any atom is 0.312 e. The van der Waals surface area contributed by atoms with Gasteiger partial charge in [-0.2, -0.15) is 5.10 Å². The molecule has 2 heterocycles. The van der Waals surface area contributed by atoms with Crippen molar-refractivity contribution >= 4 is 28.9 Å². The van der Waals surface area contributed by atoms with Crippen LogP contribution in [0.2, 0.25) is 5.02 Å². The number of aryl methyl sites for hydroxylation is 1. The number of anilines is 1. The van der Waals surface area contributed by atoms with E-state index in [4.69, 9.17) is 11.6 Å². The minimum absolute atomic E-state index is 0.0333. The summed E-state index contributed by atoms with van der Waals surface area (Å²) in [7, 11) is 0. The molecule has 0 saturated carbocycles. The Hall–Kier alpha value is -2.41. The third-order valence-electron chi connectivity index (χ3n) is 4.09. The number of hydrogen-bond donors (Lipinski definition) is 0. The number of halogens is 1. The van der Waals surface area contributed by atoms with Gasteiger partial charge in [-0.1, -0.05) is 23.7 Å². The van der Waals surface area contributed by atoms with Crippen LogP contribution in [-0.4, -0.2) is 27.2 Å². The number of para-hydroxylation sites is 1. The fraction of sp³-hybridized carbons (Fsp3) is 0.333. The molecule has 1 aromatic heterocycles. The van der Waals surface area contributed by atoms with Crippen LogP contribution in [0.15, 0.2) is 24.3 Å². The number of benzene rings is 1. The molecule has 1 amide bonds. The molecule has 0 aliphatic carbocycles. The summed E-state index contributed by atoms with van der Waals surface area (Å²) >= 11 is 6.16. The number of amides is 1. The summed E-state index contributed by atoms with van der Waals surface area (Å²) in [5.74, 6) is -0.154. The fourth-order valence-electron chi connectivity index (χ4n) is 3.02. The first-order chi connectivity index (χ1) is 10.9. The highest BCUT2D eigenvalue weighted by Crippen LogP contribution is 2.35. The first kappa shape index (κ1) is 15.5. The molecule has 1 aromatic carbocycles. The summed E-state index contributed by atoms with van der Waals surface area (Å²) in [6.45, 7) is 3.69. The molecule has 120 valence electrons. The highest BCUT2D eigenvalue weighted by atomic mass is 35.5. The monoisotopic (exact) mass is 334 g/mol. The van der Waals surface area contributed by atoms with Crippen LogP contribution in [-0.2, 0) is 4.79 Å². The maximum absolute atomic E-state index is 12.7. The average molecular weight is 335 g/mol. The average Bonchev–Trinajstić information content (AvgIpc) is 2.99. The van der Waals surface area contributed by atoms with Crippen LogP contribution in [0.5, 0.6) is 0 Å². The molecule has 0 bridgehead atoms. The van der Waals surface area contributed by atoms with E-state index >= 15 is 0 Å². The van der Waals surface area contributed by atoms with Gasteiger partial charge < -0.3 is 4.90 Å². The lowest BCUT2D eigenvalue weighted by Gasteiger charge is -2.18. The predicted molar refractivity (Wildman–Crippen MR) is 85.8 cm³/mol. The number of aromatic nitrogens is 2. The quantitative estimate of drug-likeness (QED) is 0.638. The molecule has 23 heavy (non-hydrogen) atoms. The number of carbonyl (C=O) groups excluding carboxylic acids is 1. The molecule has 1 unspecified atom stereocenters. The lowest BCUT2D eigenvalue weighted by molar-refractivity contribution is -0.386. The van der Waals surface area contributed by atoms with Crippen molar-refractivity contribution < 1.29 is 9.72 Å². The Morgan fingerprint density at radius 3 is 2.65 bits per heavy atom. The molecule has 0 spiro atoms. The van der Waals surface area contributed by atoms with E-state index in [0.717, 1.165) is 0 Å². The van der Waals surface area contributed by atoms with Crippen LogP contribution in [0.3, 0.4) is 0 Å². The second-order valence-electron chi connectivity index (χ2n) is 5.47. The van der Waals surface area contributed by atoms with Gasteiger partial charge in [0, 0.05) is 6.54 Å². The lowest BCUT2D eigenvalue weighted by atomic mass is 10.2. The minimum atomic E-state index is -0.543. The number of nitro groups is 1. The summed E-state index contributed by atoms with van der Waals surface area (Å²) in [5.41, 5.74) is 1.33. The van der Waals surface area contributed by atoms with Gasteiger partial charge in [0.25, 0.3) is 5.91 Å². The SMILES string of the molecule is Cc1nn(C2CCN(c3ccccc3Cl)C2=O)c(C)c1[N+](=O)[O-]. The van der Waals surface area contributed by atoms with Crippen molar-refractivity contribution in [1.29, 1.82) is 0 Å². The van der Waals surface area contributed by atoms with Crippen molar-refractivity contribution in [2.24, 2.45) is 0 Å². The van der Waals surface area contributed by atoms with Crippen LogP contribution < -0.4 is 4.90 Å². The van der Waals surface area contributed by atoms with Crippen molar-refractivity contribution in [3.63, 3.8) is 0 Å². The number of hydrogen-bond acceptors (Lipinski definition) is 4. The second-order valence-corrected chi connectivity index (χ2v) is 5.87. The van der Waals surface area contributed by atoms with Gasteiger partial charge in [-0.25, -0.2) is 4.68 Å². The van der Waals surface area contributed by atoms with Gasteiger partial charge in [0.2, 0.25) is 0 Å². The molecule has 1 aliphatic rings. The number of carbonyl (C=O) groups is 1. The Morgan fingerprint density at radius 2 is 2.04 bits per heavy atom. The second kappa shape index (κ2) is 5.66. The molecule has 0 N–H and O–H groups in total. The van der Waals surface area contributed by atoms with Crippen molar-refractivity contribution in [2.45, 2.75) is 26.3 Å². The molecule has 1 fully saturated rings. The van der Waals surface area contributed by atoms with E-state index in [0.29, 0.717) is 35.1 Å². The third-order valence-corrected chi connectivity index (χ3v) is 4.40. The maximum atomic E-state index is 12.7. The zero-order valence-corrected chi connectivity index (χ0v) is 13.4. The molecule has 0 radical (unpaired) electrons. The first-order valence-electron chi connectivity index (χ1n) is 7.17. The molecular weight excluding hydrogens is 320 g/mol. The normalized spacial score (nSPS) is 17.8. The first-order valence-corrected chi connectivity index (χ1v) is 7.55. The highest BCUT2D eigenvalue weighted by Gasteiger charge is 2.38. The molecule has 2 aromatic rings. The van der Waals surface area contributed by atoms with E-state index in [1.165, 1.54) is 4.68 Å². The zero-order chi connectivity index (χ0) is 16.7. The standard InChI is InChI=1S/C15H15ClN4O3/c1-9-14(20(22)23)10(2)19(17-9)13-7-8-18(15(13)21)12-6-4-3-5-11(12)16/h3-6,13H,7-8H2,1-2H3. The summed E-state index contributed by atoms with van der Waals surface area (Å²) in [4.78, 5) is 25.0. The van der Waals surface area contributed by atoms with Gasteiger partial charge in [-0.05, 0) is 32.4 Å². The highest BCUT2D eigenvalue weighted by molar-refractivity contribution is 6.33. The summed E-state index contributed by atoms with van der Waals surface area (Å²) in [6.07, 6.45) is 0.531. The van der Waals surface area contributed by atoms with Crippen LogP contribution >= 0.6 is 11.6 Å². The molecule has 1 atom stereocenters. The van der Waals surface area contributed by atoms with Gasteiger partial charge in [-0.15, -0.1) is 0 Å². The molecule has 1 aliphatic heterocycles. The molecule has 7 nitrogen and oxygen atoms in total. The van der Waals surface area contributed by atoms with E-state index in [9.17, 15) is 14.9 Å². The van der Waals surface area contributed by atoms with Crippen LogP contribution in [0.4, 0.5) is 11.4 Å². The van der Waals surface area contributed by atoms with Crippen molar-refractivity contribution in [2.75, 3.05) is 11.4 Å². The Balaban J connectivity index is 1.96. The Bertz CT molecular complexity index is 802. The summed E-state index contributed by atoms with van der Waals surface area (Å²) in [5, 5.41) is 15.8. The minimum Gasteiger partial charge on any atom is -0.309 e. The third kappa shape index (κ3) is 2.46. The number of nitrogens with zero attached hydrogens (tertiary/aromatic N) is 4. The van der Waals surface area contributed by atoms with Gasteiger partial charge in [-0.3, -0.25) is 14.9 Å². The van der Waals surface area contributed by atoms with E-state index < -0.39 is 11.0 Å². The Kier molecular flexibility index (Phi) is 3.81. The van der Waals surface area contributed by atoms with Gasteiger partial charge in [0.05, 0.1) is 15.6 Å². The molecule has 8 heteroatoms. The topological polar surface area (TPSA) is 81.3 Å². The van der Waals surface area contributed by atoms with Gasteiger partial charge >= 0.3 is 5.69 Å². The predicted octanol–water partition coefficient (Wildman–Crippen LogP) is 3.04. The van der Waals surface area contributed by atoms with Crippen LogP contribution in [0, 0.1) is 24.0 Å². The van der Waals surface area contributed by atoms with Gasteiger partial charge in [0.1, 0.15) is 17.4 Å². The molecule has 1 saturated heterocycles. The van der Waals surface area contributed by atoms with Gasteiger partial charge in [0.15, 0.2) is 0 Å². The smallest absolute Gasteiger partial charge is 0.309 e. The fourth-order valence-corrected chi connectivity index (χ4v) is 3.26. The van der Waals surface area contributed by atoms with Crippen molar-refractivity contribution in [1.82, 2.24) is 9.78 Å². The Morgan fingerprint density at radius 1 is 1.35 bits per heavy atom. The zero-order valence-electron chi connectivity index (χ0n) is 12.7. The lowest BCUT2D eigenvalue weighted by Crippen LogP contribution is -2.29. The van der Waals surface area contributed by atoms with E-state index in [1.807, 2.05) is 6.07 Å². The van der Waals surface area contributed by atoms with Crippen molar-refractivity contribution in [3.05, 3.63) is 50.8 Å². The van der Waals surface area contributed by atoms with Crippen molar-refractivity contribution in [3.8, 4) is 0 Å². The molecular formula is C15H15ClN4O3. The van der Waals surface area contributed by atoms with E-state index in [-0.39, 0.29) is 11.6 Å². The Labute approximate surface area is 137 Å².